The summed E-state index contributed by atoms with van der Waals surface area (Å²) in [6.07, 6.45) is 10.5. The van der Waals surface area contributed by atoms with E-state index in [0.29, 0.717) is 18.8 Å². The number of carbonyl (C=O) groups excluding carboxylic acids is 1. The number of nitrogens with one attached hydrogen (secondary N) is 1. The van der Waals surface area contributed by atoms with Crippen LogP contribution >= 0.6 is 27.5 Å². The van der Waals surface area contributed by atoms with E-state index in [1.54, 1.807) is 0 Å². The van der Waals surface area contributed by atoms with Crippen LogP contribution in [0, 0.1) is 23.2 Å². The van der Waals surface area contributed by atoms with Crippen LogP contribution in [0.15, 0.2) is 34.9 Å². The van der Waals surface area contributed by atoms with Crippen molar-refractivity contribution in [1.29, 1.82) is 0 Å². The lowest BCUT2D eigenvalue weighted by Crippen LogP contribution is -2.47. The zero-order valence-electron chi connectivity index (χ0n) is 15.8. The van der Waals surface area contributed by atoms with Crippen LogP contribution in [-0.2, 0) is 11.3 Å². The van der Waals surface area contributed by atoms with Crippen LogP contribution in [0.3, 0.4) is 0 Å². The number of anilines is 1. The standard InChI is InChI=1S/C22H25BrClN3O/c23-19-13-27(12-14-1-3-18(24)4-2-14)26-21(19)25-20(28)11-22-8-15-5-16(9-22)7-17(6-15)10-22/h1-4,13,15-17H,5-12H2,(H,25,26,28). The molecule has 6 rings (SSSR count). The highest BCUT2D eigenvalue weighted by Crippen LogP contribution is 2.61. The Kier molecular flexibility index (Phi) is 4.79. The fourth-order valence-electron chi connectivity index (χ4n) is 6.36. The van der Waals surface area contributed by atoms with Crippen LogP contribution in [0.4, 0.5) is 5.82 Å². The predicted octanol–water partition coefficient (Wildman–Crippen LogP) is 5.89. The van der Waals surface area contributed by atoms with Gasteiger partial charge in [-0.3, -0.25) is 9.48 Å². The summed E-state index contributed by atoms with van der Waals surface area (Å²) in [6.45, 7) is 0.640. The molecule has 28 heavy (non-hydrogen) atoms. The molecule has 1 aromatic heterocycles. The van der Waals surface area contributed by atoms with E-state index in [0.717, 1.165) is 32.8 Å². The molecule has 1 aromatic carbocycles. The van der Waals surface area contributed by atoms with E-state index in [2.05, 4.69) is 26.3 Å². The molecule has 1 amide bonds. The monoisotopic (exact) mass is 461 g/mol. The second-order valence-electron chi connectivity index (χ2n) is 9.29. The van der Waals surface area contributed by atoms with Gasteiger partial charge in [0.05, 0.1) is 11.0 Å². The molecule has 148 valence electrons. The molecule has 0 atom stereocenters. The molecular weight excluding hydrogens is 438 g/mol. The minimum atomic E-state index is 0.111. The van der Waals surface area contributed by atoms with Crippen molar-refractivity contribution in [3.8, 4) is 0 Å². The quantitative estimate of drug-likeness (QED) is 0.602. The lowest BCUT2D eigenvalue weighted by molar-refractivity contribution is -0.124. The van der Waals surface area contributed by atoms with E-state index >= 15 is 0 Å². The highest BCUT2D eigenvalue weighted by Gasteiger charge is 2.51. The van der Waals surface area contributed by atoms with E-state index in [1.807, 2.05) is 35.1 Å². The molecule has 4 saturated carbocycles. The van der Waals surface area contributed by atoms with E-state index in [9.17, 15) is 4.79 Å². The fraction of sp³-hybridized carbons (Fsp3) is 0.545. The van der Waals surface area contributed by atoms with Crippen molar-refractivity contribution in [2.24, 2.45) is 23.2 Å². The smallest absolute Gasteiger partial charge is 0.226 e. The zero-order chi connectivity index (χ0) is 19.3. The molecule has 4 nitrogen and oxygen atoms in total. The minimum Gasteiger partial charge on any atom is -0.308 e. The molecule has 4 aliphatic carbocycles. The van der Waals surface area contributed by atoms with Crippen molar-refractivity contribution in [3.63, 3.8) is 0 Å². The molecule has 4 bridgehead atoms. The summed E-state index contributed by atoms with van der Waals surface area (Å²) in [7, 11) is 0. The maximum absolute atomic E-state index is 12.9. The van der Waals surface area contributed by atoms with E-state index < -0.39 is 0 Å². The Morgan fingerprint density at radius 1 is 1.14 bits per heavy atom. The SMILES string of the molecule is O=C(CC12CC3CC(CC(C3)C1)C2)Nc1nn(Cc2ccc(Cl)cc2)cc1Br. The molecule has 0 aliphatic heterocycles. The lowest BCUT2D eigenvalue weighted by atomic mass is 9.49. The second-order valence-corrected chi connectivity index (χ2v) is 10.6. The first-order valence-electron chi connectivity index (χ1n) is 10.2. The molecule has 2 aromatic rings. The molecule has 1 N–H and O–H groups in total. The van der Waals surface area contributed by atoms with Gasteiger partial charge in [0, 0.05) is 17.6 Å². The van der Waals surface area contributed by atoms with Crippen LogP contribution in [0.25, 0.3) is 0 Å². The van der Waals surface area contributed by atoms with Gasteiger partial charge >= 0.3 is 0 Å². The minimum absolute atomic E-state index is 0.111. The Morgan fingerprint density at radius 3 is 2.36 bits per heavy atom. The Labute approximate surface area is 179 Å². The largest absolute Gasteiger partial charge is 0.308 e. The van der Waals surface area contributed by atoms with Gasteiger partial charge in [0.2, 0.25) is 5.91 Å². The average Bonchev–Trinajstić information content (AvgIpc) is 2.94. The van der Waals surface area contributed by atoms with Crippen molar-refractivity contribution >= 4 is 39.3 Å². The third-order valence-electron chi connectivity index (χ3n) is 6.93. The molecule has 4 fully saturated rings. The van der Waals surface area contributed by atoms with Gasteiger partial charge in [0.25, 0.3) is 0 Å². The number of benzene rings is 1. The number of rotatable bonds is 5. The number of carbonyl (C=O) groups is 1. The molecule has 6 heteroatoms. The van der Waals surface area contributed by atoms with Crippen molar-refractivity contribution in [2.75, 3.05) is 5.32 Å². The first-order chi connectivity index (χ1) is 13.5. The van der Waals surface area contributed by atoms with Gasteiger partial charge in [-0.2, -0.15) is 5.10 Å². The van der Waals surface area contributed by atoms with E-state index in [-0.39, 0.29) is 11.3 Å². The van der Waals surface area contributed by atoms with Gasteiger partial charge in [-0.15, -0.1) is 0 Å². The molecule has 1 heterocycles. The van der Waals surface area contributed by atoms with Gasteiger partial charge < -0.3 is 5.32 Å². The van der Waals surface area contributed by atoms with Crippen LogP contribution in [-0.4, -0.2) is 15.7 Å². The first kappa shape index (κ1) is 18.7. The van der Waals surface area contributed by atoms with Crippen LogP contribution in [0.1, 0.15) is 50.5 Å². The summed E-state index contributed by atoms with van der Waals surface area (Å²) < 4.78 is 2.66. The summed E-state index contributed by atoms with van der Waals surface area (Å²) in [5.41, 5.74) is 1.36. The summed E-state index contributed by atoms with van der Waals surface area (Å²) >= 11 is 9.50. The highest BCUT2D eigenvalue weighted by atomic mass is 79.9. The van der Waals surface area contributed by atoms with Crippen molar-refractivity contribution in [3.05, 3.63) is 45.5 Å². The van der Waals surface area contributed by atoms with Crippen LogP contribution in [0.5, 0.6) is 0 Å². The third-order valence-corrected chi connectivity index (χ3v) is 7.77. The second kappa shape index (κ2) is 7.17. The Morgan fingerprint density at radius 2 is 1.75 bits per heavy atom. The number of halogens is 2. The normalized spacial score (nSPS) is 30.6. The zero-order valence-corrected chi connectivity index (χ0v) is 18.2. The molecule has 0 saturated heterocycles. The van der Waals surface area contributed by atoms with Crippen molar-refractivity contribution < 1.29 is 4.79 Å². The molecule has 0 spiro atoms. The third kappa shape index (κ3) is 3.76. The molecule has 0 unspecified atom stereocenters. The molecule has 4 aliphatic rings. The average molecular weight is 463 g/mol. The number of nitrogens with zero attached hydrogens (tertiary/aromatic N) is 2. The van der Waals surface area contributed by atoms with Crippen molar-refractivity contribution in [2.45, 2.75) is 51.5 Å². The van der Waals surface area contributed by atoms with Crippen molar-refractivity contribution in [1.82, 2.24) is 9.78 Å². The summed E-state index contributed by atoms with van der Waals surface area (Å²) in [5, 5.41) is 8.35. The fourth-order valence-corrected chi connectivity index (χ4v) is 6.90. The lowest BCUT2D eigenvalue weighted by Gasteiger charge is -2.56. The Bertz CT molecular complexity index is 856. The van der Waals surface area contributed by atoms with Gasteiger partial charge in [0.15, 0.2) is 5.82 Å². The first-order valence-corrected chi connectivity index (χ1v) is 11.4. The van der Waals surface area contributed by atoms with E-state index in [4.69, 9.17) is 11.6 Å². The molecule has 0 radical (unpaired) electrons. The van der Waals surface area contributed by atoms with Crippen LogP contribution < -0.4 is 5.32 Å². The molecular formula is C22H25BrClN3O. The maximum atomic E-state index is 12.9. The van der Waals surface area contributed by atoms with Gasteiger partial charge in [0.1, 0.15) is 0 Å². The predicted molar refractivity (Wildman–Crippen MR) is 114 cm³/mol. The summed E-state index contributed by atoms with van der Waals surface area (Å²) in [4.78, 5) is 12.9. The Balaban J connectivity index is 1.24. The van der Waals surface area contributed by atoms with Gasteiger partial charge in [-0.1, -0.05) is 23.7 Å². The van der Waals surface area contributed by atoms with E-state index in [1.165, 1.54) is 38.5 Å². The van der Waals surface area contributed by atoms with Gasteiger partial charge in [-0.25, -0.2) is 0 Å². The number of hydrogen-bond acceptors (Lipinski definition) is 2. The summed E-state index contributed by atoms with van der Waals surface area (Å²) in [5.74, 6) is 3.32. The Hall–Kier alpha value is -1.33. The summed E-state index contributed by atoms with van der Waals surface area (Å²) in [6, 6.07) is 7.74. The number of hydrogen-bond donors (Lipinski definition) is 1. The maximum Gasteiger partial charge on any atom is 0.226 e. The highest BCUT2D eigenvalue weighted by molar-refractivity contribution is 9.10. The number of aromatic nitrogens is 2. The topological polar surface area (TPSA) is 46.9 Å². The van der Waals surface area contributed by atoms with Crippen LogP contribution in [0.2, 0.25) is 5.02 Å². The number of amides is 1. The van der Waals surface area contributed by atoms with Gasteiger partial charge in [-0.05, 0) is 95.3 Å².